The number of nitrogens with two attached hydrogens (primary N) is 1. The first-order valence-electron chi connectivity index (χ1n) is 4.17. The van der Waals surface area contributed by atoms with E-state index in [4.69, 9.17) is 10.5 Å². The average Bonchev–Trinajstić information content (AvgIpc) is 1.93. The fraction of sp³-hybridized carbons (Fsp3) is 1.00. The Hall–Kier alpha value is -0.150. The van der Waals surface area contributed by atoms with Crippen molar-refractivity contribution in [2.45, 2.75) is 32.0 Å². The molecule has 3 heteroatoms. The van der Waals surface area contributed by atoms with Crippen LogP contribution >= 0.6 is 0 Å². The maximum atomic E-state index is 12.5. The summed E-state index contributed by atoms with van der Waals surface area (Å²) in [4.78, 5) is 0. The summed E-state index contributed by atoms with van der Waals surface area (Å²) < 4.78 is 17.8. The van der Waals surface area contributed by atoms with Crippen LogP contribution < -0.4 is 5.73 Å². The zero-order chi connectivity index (χ0) is 8.27. The number of ether oxygens (including phenoxy) is 1. The molecule has 0 aromatic rings. The molecule has 0 bridgehead atoms. The van der Waals surface area contributed by atoms with E-state index in [9.17, 15) is 4.39 Å². The van der Waals surface area contributed by atoms with Gasteiger partial charge in [-0.2, -0.15) is 0 Å². The molecular formula is C8H16FNO. The van der Waals surface area contributed by atoms with Gasteiger partial charge < -0.3 is 10.5 Å². The third kappa shape index (κ3) is 2.75. The predicted molar refractivity (Wildman–Crippen MR) is 42.1 cm³/mol. The Kier molecular flexibility index (Phi) is 3.27. The quantitative estimate of drug-likeness (QED) is 0.658. The maximum Gasteiger partial charge on any atom is 0.0977 e. The normalized spacial score (nSPS) is 35.2. The van der Waals surface area contributed by atoms with Gasteiger partial charge in [0, 0.05) is 18.6 Å². The van der Waals surface area contributed by atoms with Gasteiger partial charge in [-0.25, -0.2) is 4.39 Å². The van der Waals surface area contributed by atoms with E-state index in [1.54, 1.807) is 6.92 Å². The van der Waals surface area contributed by atoms with Gasteiger partial charge in [-0.3, -0.25) is 0 Å². The highest BCUT2D eigenvalue weighted by molar-refractivity contribution is 4.77. The van der Waals surface area contributed by atoms with Gasteiger partial charge in [0.15, 0.2) is 0 Å². The van der Waals surface area contributed by atoms with Crippen molar-refractivity contribution in [2.75, 3.05) is 13.2 Å². The van der Waals surface area contributed by atoms with Crippen molar-refractivity contribution in [1.29, 1.82) is 0 Å². The third-order valence-corrected chi connectivity index (χ3v) is 2.16. The Morgan fingerprint density at radius 1 is 1.73 bits per heavy atom. The molecule has 0 amide bonds. The van der Waals surface area contributed by atoms with E-state index in [0.717, 1.165) is 13.0 Å². The summed E-state index contributed by atoms with van der Waals surface area (Å²) in [5, 5.41) is 0. The van der Waals surface area contributed by atoms with Crippen LogP contribution in [0.15, 0.2) is 0 Å². The zero-order valence-corrected chi connectivity index (χ0v) is 6.92. The van der Waals surface area contributed by atoms with E-state index in [0.29, 0.717) is 13.0 Å². The van der Waals surface area contributed by atoms with Crippen molar-refractivity contribution < 1.29 is 9.13 Å². The van der Waals surface area contributed by atoms with E-state index >= 15 is 0 Å². The van der Waals surface area contributed by atoms with E-state index < -0.39 is 6.17 Å². The second-order valence-electron chi connectivity index (χ2n) is 3.30. The Morgan fingerprint density at radius 2 is 2.45 bits per heavy atom. The van der Waals surface area contributed by atoms with Crippen LogP contribution in [0.25, 0.3) is 0 Å². The van der Waals surface area contributed by atoms with E-state index in [-0.39, 0.29) is 12.0 Å². The molecule has 3 unspecified atom stereocenters. The van der Waals surface area contributed by atoms with Gasteiger partial charge in [-0.05, 0) is 19.8 Å². The largest absolute Gasteiger partial charge is 0.381 e. The maximum absolute atomic E-state index is 12.5. The summed E-state index contributed by atoms with van der Waals surface area (Å²) >= 11 is 0. The highest BCUT2D eigenvalue weighted by atomic mass is 19.1. The van der Waals surface area contributed by atoms with Crippen LogP contribution in [0.2, 0.25) is 0 Å². The van der Waals surface area contributed by atoms with Crippen LogP contribution in [0.5, 0.6) is 0 Å². The van der Waals surface area contributed by atoms with Gasteiger partial charge in [0.1, 0.15) is 0 Å². The Bertz CT molecular complexity index is 119. The smallest absolute Gasteiger partial charge is 0.0977 e. The van der Waals surface area contributed by atoms with Crippen molar-refractivity contribution in [3.8, 4) is 0 Å². The minimum Gasteiger partial charge on any atom is -0.381 e. The molecule has 1 heterocycles. The first-order chi connectivity index (χ1) is 5.20. The number of hydrogen-bond donors (Lipinski definition) is 1. The van der Waals surface area contributed by atoms with Gasteiger partial charge >= 0.3 is 0 Å². The van der Waals surface area contributed by atoms with Gasteiger partial charge in [-0.15, -0.1) is 0 Å². The minimum atomic E-state index is -0.757. The molecule has 1 saturated heterocycles. The summed E-state index contributed by atoms with van der Waals surface area (Å²) in [6, 6.07) is 0.141. The Morgan fingerprint density at radius 3 is 3.00 bits per heavy atom. The molecule has 1 rings (SSSR count). The van der Waals surface area contributed by atoms with Gasteiger partial charge in [0.25, 0.3) is 0 Å². The number of alkyl halides is 1. The molecule has 3 atom stereocenters. The van der Waals surface area contributed by atoms with Crippen LogP contribution in [0.3, 0.4) is 0 Å². The van der Waals surface area contributed by atoms with Crippen LogP contribution in [-0.4, -0.2) is 25.4 Å². The third-order valence-electron chi connectivity index (χ3n) is 2.16. The van der Waals surface area contributed by atoms with Crippen molar-refractivity contribution >= 4 is 0 Å². The van der Waals surface area contributed by atoms with E-state index in [1.165, 1.54) is 0 Å². The monoisotopic (exact) mass is 161 g/mol. The lowest BCUT2D eigenvalue weighted by molar-refractivity contribution is 0.0303. The summed E-state index contributed by atoms with van der Waals surface area (Å²) in [5.74, 6) is 0.226. The second-order valence-corrected chi connectivity index (χ2v) is 3.30. The van der Waals surface area contributed by atoms with Crippen LogP contribution in [0, 0.1) is 5.92 Å². The Balaban J connectivity index is 2.29. The molecule has 66 valence electrons. The summed E-state index contributed by atoms with van der Waals surface area (Å²) in [6.07, 6.45) is 0.659. The van der Waals surface area contributed by atoms with Crippen LogP contribution in [0.4, 0.5) is 4.39 Å². The Labute approximate surface area is 66.9 Å². The number of hydrogen-bond acceptors (Lipinski definition) is 2. The second kappa shape index (κ2) is 4.02. The molecule has 0 aliphatic carbocycles. The molecule has 0 aromatic heterocycles. The summed E-state index contributed by atoms with van der Waals surface area (Å²) in [5.41, 5.74) is 5.78. The highest BCUT2D eigenvalue weighted by Gasteiger charge is 2.23. The molecule has 2 nitrogen and oxygen atoms in total. The molecule has 0 saturated carbocycles. The molecule has 1 fully saturated rings. The molecule has 0 aromatic carbocycles. The standard InChI is InChI=1S/C8H16FNO/c1-6(9)4-7-5-11-3-2-8(7)10/h6-8H,2-5,10H2,1H3. The first kappa shape index (κ1) is 8.94. The zero-order valence-electron chi connectivity index (χ0n) is 6.92. The molecule has 2 N–H and O–H groups in total. The fourth-order valence-electron chi connectivity index (χ4n) is 1.47. The van der Waals surface area contributed by atoms with Crippen molar-refractivity contribution in [3.05, 3.63) is 0 Å². The lowest BCUT2D eigenvalue weighted by Gasteiger charge is -2.28. The number of rotatable bonds is 2. The van der Waals surface area contributed by atoms with Gasteiger partial charge in [0.2, 0.25) is 0 Å². The van der Waals surface area contributed by atoms with Gasteiger partial charge in [0.05, 0.1) is 12.8 Å². The van der Waals surface area contributed by atoms with Crippen molar-refractivity contribution in [1.82, 2.24) is 0 Å². The first-order valence-corrected chi connectivity index (χ1v) is 4.17. The SMILES string of the molecule is CC(F)CC1COCCC1N. The average molecular weight is 161 g/mol. The van der Waals surface area contributed by atoms with Crippen molar-refractivity contribution in [3.63, 3.8) is 0 Å². The lowest BCUT2D eigenvalue weighted by Crippen LogP contribution is -2.39. The molecule has 1 aliphatic heterocycles. The predicted octanol–water partition coefficient (Wildman–Crippen LogP) is 1.10. The van der Waals surface area contributed by atoms with E-state index in [2.05, 4.69) is 0 Å². The molecule has 11 heavy (non-hydrogen) atoms. The summed E-state index contributed by atoms with van der Waals surface area (Å²) in [6.45, 7) is 2.94. The van der Waals surface area contributed by atoms with Crippen LogP contribution in [-0.2, 0) is 4.74 Å². The van der Waals surface area contributed by atoms with E-state index in [1.807, 2.05) is 0 Å². The summed E-state index contributed by atoms with van der Waals surface area (Å²) in [7, 11) is 0. The fourth-order valence-corrected chi connectivity index (χ4v) is 1.47. The number of halogens is 1. The van der Waals surface area contributed by atoms with Crippen LogP contribution in [0.1, 0.15) is 19.8 Å². The molecule has 1 aliphatic rings. The molecular weight excluding hydrogens is 145 g/mol. The molecule has 0 radical (unpaired) electrons. The topological polar surface area (TPSA) is 35.2 Å². The lowest BCUT2D eigenvalue weighted by atomic mass is 9.92. The van der Waals surface area contributed by atoms with Crippen molar-refractivity contribution in [2.24, 2.45) is 11.7 Å². The highest BCUT2D eigenvalue weighted by Crippen LogP contribution is 2.18. The minimum absolute atomic E-state index is 0.141. The van der Waals surface area contributed by atoms with Gasteiger partial charge in [-0.1, -0.05) is 0 Å². The molecule has 0 spiro atoms.